The summed E-state index contributed by atoms with van der Waals surface area (Å²) in [6.45, 7) is 4.83. The Kier molecular flexibility index (Phi) is 6.04. The third-order valence-corrected chi connectivity index (χ3v) is 5.34. The zero-order valence-corrected chi connectivity index (χ0v) is 16.1. The minimum Gasteiger partial charge on any atom is -0.379 e. The molecule has 1 aromatic heterocycles. The molecule has 0 bridgehead atoms. The predicted molar refractivity (Wildman–Crippen MR) is 111 cm³/mol. The van der Waals surface area contributed by atoms with Crippen molar-refractivity contribution in [3.8, 4) is 0 Å². The number of benzene rings is 2. The Morgan fingerprint density at radius 2 is 1.75 bits per heavy atom. The van der Waals surface area contributed by atoms with Crippen LogP contribution in [0.25, 0.3) is 10.9 Å². The van der Waals surface area contributed by atoms with Gasteiger partial charge in [0.15, 0.2) is 0 Å². The van der Waals surface area contributed by atoms with E-state index < -0.39 is 0 Å². The lowest BCUT2D eigenvalue weighted by atomic mass is 10.1. The first-order valence-corrected chi connectivity index (χ1v) is 9.98. The molecule has 5 heteroatoms. The lowest BCUT2D eigenvalue weighted by Crippen LogP contribution is -2.43. The molecule has 0 radical (unpaired) electrons. The molecule has 1 N–H and O–H groups in total. The van der Waals surface area contributed by atoms with Gasteiger partial charge in [0.2, 0.25) is 5.91 Å². The van der Waals surface area contributed by atoms with E-state index in [4.69, 9.17) is 4.74 Å². The first kappa shape index (κ1) is 18.7. The van der Waals surface area contributed by atoms with E-state index in [-0.39, 0.29) is 11.9 Å². The van der Waals surface area contributed by atoms with Crippen molar-refractivity contribution in [3.05, 3.63) is 72.4 Å². The molecule has 1 atom stereocenters. The Morgan fingerprint density at radius 1 is 1.00 bits per heavy atom. The van der Waals surface area contributed by atoms with Crippen LogP contribution in [0.3, 0.4) is 0 Å². The van der Waals surface area contributed by atoms with Crippen LogP contribution in [0.2, 0.25) is 0 Å². The number of fused-ring (bicyclic) bond motifs is 1. The van der Waals surface area contributed by atoms with Crippen LogP contribution in [0.4, 0.5) is 0 Å². The number of ether oxygens (including phenoxy) is 1. The molecule has 1 aliphatic rings. The van der Waals surface area contributed by atoms with Gasteiger partial charge in [0, 0.05) is 44.3 Å². The Hall–Kier alpha value is -2.63. The molecule has 1 saturated heterocycles. The second-order valence-electron chi connectivity index (χ2n) is 7.26. The van der Waals surface area contributed by atoms with Crippen molar-refractivity contribution in [2.24, 2.45) is 0 Å². The molecule has 4 rings (SSSR count). The minimum absolute atomic E-state index is 0.00629. The number of para-hydroxylation sites is 1. The summed E-state index contributed by atoms with van der Waals surface area (Å²) in [4.78, 5) is 15.1. The Labute approximate surface area is 165 Å². The van der Waals surface area contributed by atoms with E-state index in [1.165, 1.54) is 10.9 Å². The summed E-state index contributed by atoms with van der Waals surface area (Å²) in [6, 6.07) is 20.6. The maximum Gasteiger partial charge on any atom is 0.222 e. The molecule has 3 aromatic rings. The van der Waals surface area contributed by atoms with Gasteiger partial charge >= 0.3 is 0 Å². The van der Waals surface area contributed by atoms with Gasteiger partial charge in [0.1, 0.15) is 0 Å². The highest BCUT2D eigenvalue weighted by atomic mass is 16.5. The maximum atomic E-state index is 12.7. The quantitative estimate of drug-likeness (QED) is 0.688. The number of amides is 1. The van der Waals surface area contributed by atoms with Crippen LogP contribution in [0.15, 0.2) is 66.9 Å². The van der Waals surface area contributed by atoms with Gasteiger partial charge < -0.3 is 14.6 Å². The van der Waals surface area contributed by atoms with Crippen molar-refractivity contribution in [1.29, 1.82) is 0 Å². The van der Waals surface area contributed by atoms with Crippen LogP contribution in [-0.2, 0) is 16.1 Å². The molecule has 1 fully saturated rings. The van der Waals surface area contributed by atoms with E-state index in [9.17, 15) is 4.79 Å². The number of morpholine rings is 1. The van der Waals surface area contributed by atoms with Crippen LogP contribution in [0, 0.1) is 0 Å². The van der Waals surface area contributed by atoms with Gasteiger partial charge in [-0.2, -0.15) is 0 Å². The molecule has 0 aliphatic carbocycles. The Morgan fingerprint density at radius 3 is 2.57 bits per heavy atom. The van der Waals surface area contributed by atoms with E-state index in [2.05, 4.69) is 51.3 Å². The molecule has 146 valence electrons. The summed E-state index contributed by atoms with van der Waals surface area (Å²) in [5.74, 6) is 0.0832. The second kappa shape index (κ2) is 9.04. The first-order chi connectivity index (χ1) is 13.8. The number of nitrogens with zero attached hydrogens (tertiary/aromatic N) is 2. The van der Waals surface area contributed by atoms with Crippen LogP contribution in [0.1, 0.15) is 18.0 Å². The van der Waals surface area contributed by atoms with Crippen LogP contribution in [-0.4, -0.2) is 48.2 Å². The normalized spacial score (nSPS) is 16.1. The summed E-state index contributed by atoms with van der Waals surface area (Å²) in [6.07, 6.45) is 2.52. The van der Waals surface area contributed by atoms with E-state index in [0.29, 0.717) is 13.0 Å². The lowest BCUT2D eigenvalue weighted by Gasteiger charge is -2.31. The monoisotopic (exact) mass is 377 g/mol. The topological polar surface area (TPSA) is 46.5 Å². The van der Waals surface area contributed by atoms with E-state index >= 15 is 0 Å². The fourth-order valence-corrected chi connectivity index (χ4v) is 3.79. The zero-order valence-electron chi connectivity index (χ0n) is 16.1. The lowest BCUT2D eigenvalue weighted by molar-refractivity contribution is -0.122. The molecule has 0 spiro atoms. The SMILES string of the molecule is O=C(CCn1ccc2ccccc21)NC(CN1CCOCC1)c1ccccc1. The number of hydrogen-bond acceptors (Lipinski definition) is 3. The molecule has 0 saturated carbocycles. The molecular weight excluding hydrogens is 350 g/mol. The standard InChI is InChI=1S/C23H27N3O2/c27-23(11-13-26-12-10-20-8-4-5-9-22(20)26)24-21(19-6-2-1-3-7-19)18-25-14-16-28-17-15-25/h1-10,12,21H,11,13-18H2,(H,24,27). The number of rotatable bonds is 7. The zero-order chi connectivity index (χ0) is 19.2. The van der Waals surface area contributed by atoms with Crippen molar-refractivity contribution in [1.82, 2.24) is 14.8 Å². The number of aryl methyl sites for hydroxylation is 1. The van der Waals surface area contributed by atoms with Crippen molar-refractivity contribution in [2.45, 2.75) is 19.0 Å². The van der Waals surface area contributed by atoms with E-state index in [1.54, 1.807) is 0 Å². The van der Waals surface area contributed by atoms with Gasteiger partial charge in [-0.15, -0.1) is 0 Å². The average molecular weight is 377 g/mol. The number of aromatic nitrogens is 1. The van der Waals surface area contributed by atoms with Crippen LogP contribution in [0.5, 0.6) is 0 Å². The minimum atomic E-state index is -0.00629. The highest BCUT2D eigenvalue weighted by Gasteiger charge is 2.20. The molecule has 1 amide bonds. The van der Waals surface area contributed by atoms with Gasteiger partial charge in [0.05, 0.1) is 19.3 Å². The van der Waals surface area contributed by atoms with Crippen molar-refractivity contribution in [3.63, 3.8) is 0 Å². The van der Waals surface area contributed by atoms with E-state index in [0.717, 1.165) is 38.4 Å². The maximum absolute atomic E-state index is 12.7. The summed E-state index contributed by atoms with van der Waals surface area (Å²) >= 11 is 0. The van der Waals surface area contributed by atoms with Gasteiger partial charge in [-0.05, 0) is 23.1 Å². The van der Waals surface area contributed by atoms with Gasteiger partial charge in [0.25, 0.3) is 0 Å². The predicted octanol–water partition coefficient (Wildman–Crippen LogP) is 3.22. The molecule has 2 aromatic carbocycles. The average Bonchev–Trinajstić information content (AvgIpc) is 3.16. The highest BCUT2D eigenvalue weighted by molar-refractivity contribution is 5.80. The second-order valence-corrected chi connectivity index (χ2v) is 7.26. The van der Waals surface area contributed by atoms with Crippen LogP contribution < -0.4 is 5.32 Å². The van der Waals surface area contributed by atoms with Crippen molar-refractivity contribution in [2.75, 3.05) is 32.8 Å². The van der Waals surface area contributed by atoms with Gasteiger partial charge in [-0.1, -0.05) is 48.5 Å². The third-order valence-electron chi connectivity index (χ3n) is 5.34. The fourth-order valence-electron chi connectivity index (χ4n) is 3.79. The highest BCUT2D eigenvalue weighted by Crippen LogP contribution is 2.17. The van der Waals surface area contributed by atoms with Gasteiger partial charge in [-0.25, -0.2) is 0 Å². The Bertz CT molecular complexity index is 900. The Balaban J connectivity index is 1.40. The number of hydrogen-bond donors (Lipinski definition) is 1. The first-order valence-electron chi connectivity index (χ1n) is 9.98. The van der Waals surface area contributed by atoms with Crippen molar-refractivity contribution >= 4 is 16.8 Å². The molecule has 1 aliphatic heterocycles. The smallest absolute Gasteiger partial charge is 0.222 e. The summed E-state index contributed by atoms with van der Waals surface area (Å²) in [7, 11) is 0. The number of carbonyl (C=O) groups excluding carboxylic acids is 1. The van der Waals surface area contributed by atoms with Crippen molar-refractivity contribution < 1.29 is 9.53 Å². The largest absolute Gasteiger partial charge is 0.379 e. The molecular formula is C23H27N3O2. The summed E-state index contributed by atoms with van der Waals surface area (Å²) in [5.41, 5.74) is 2.32. The number of nitrogens with one attached hydrogen (secondary N) is 1. The van der Waals surface area contributed by atoms with Crippen LogP contribution >= 0.6 is 0 Å². The fraction of sp³-hybridized carbons (Fsp3) is 0.348. The molecule has 1 unspecified atom stereocenters. The molecule has 2 heterocycles. The van der Waals surface area contributed by atoms with Gasteiger partial charge in [-0.3, -0.25) is 9.69 Å². The summed E-state index contributed by atoms with van der Waals surface area (Å²) < 4.78 is 7.60. The summed E-state index contributed by atoms with van der Waals surface area (Å²) in [5, 5.41) is 4.46. The third kappa shape index (κ3) is 4.61. The van der Waals surface area contributed by atoms with E-state index in [1.807, 2.05) is 30.3 Å². The molecule has 5 nitrogen and oxygen atoms in total. The molecule has 28 heavy (non-hydrogen) atoms. The number of carbonyl (C=O) groups is 1.